The van der Waals surface area contributed by atoms with E-state index in [0.717, 1.165) is 5.57 Å². The molecular formula is C18H30N2O5. The molecule has 0 aromatic carbocycles. The van der Waals surface area contributed by atoms with Gasteiger partial charge in [0.15, 0.2) is 0 Å². The summed E-state index contributed by atoms with van der Waals surface area (Å²) >= 11 is 0. The predicted octanol–water partition coefficient (Wildman–Crippen LogP) is 2.36. The highest BCUT2D eigenvalue weighted by atomic mass is 16.6. The van der Waals surface area contributed by atoms with Crippen LogP contribution in [-0.4, -0.2) is 66.7 Å². The average Bonchev–Trinajstić information content (AvgIpc) is 2.55. The summed E-state index contributed by atoms with van der Waals surface area (Å²) < 4.78 is 9.97. The molecule has 0 saturated carbocycles. The van der Waals surface area contributed by atoms with Crippen molar-refractivity contribution in [1.82, 2.24) is 9.80 Å². The Labute approximate surface area is 149 Å². The lowest BCUT2D eigenvalue weighted by Gasteiger charge is -2.37. The Hall–Kier alpha value is -2.05. The molecule has 0 atom stereocenters. The third-order valence-corrected chi connectivity index (χ3v) is 3.99. The average molecular weight is 354 g/mol. The lowest BCUT2D eigenvalue weighted by atomic mass is 10.0. The molecule has 0 aromatic rings. The minimum Gasteiger partial charge on any atom is -0.466 e. The molecule has 7 heteroatoms. The van der Waals surface area contributed by atoms with Crippen molar-refractivity contribution in [1.29, 1.82) is 0 Å². The van der Waals surface area contributed by atoms with Gasteiger partial charge in [-0.1, -0.05) is 5.57 Å². The van der Waals surface area contributed by atoms with E-state index in [1.54, 1.807) is 29.7 Å². The number of carbonyl (C=O) groups is 3. The summed E-state index contributed by atoms with van der Waals surface area (Å²) in [5, 5.41) is 0. The highest BCUT2D eigenvalue weighted by Gasteiger charge is 2.29. The van der Waals surface area contributed by atoms with Gasteiger partial charge in [-0.2, -0.15) is 0 Å². The minimum absolute atomic E-state index is 0.00297. The SMILES string of the molecule is CCOC(=O)CCN(C(=O)C=C(C)C)C1CCN(C(=O)OCC)CC1. The Morgan fingerprint density at radius 3 is 2.20 bits per heavy atom. The van der Waals surface area contributed by atoms with E-state index in [9.17, 15) is 14.4 Å². The molecule has 0 aliphatic carbocycles. The molecule has 142 valence electrons. The van der Waals surface area contributed by atoms with E-state index in [2.05, 4.69) is 0 Å². The summed E-state index contributed by atoms with van der Waals surface area (Å²) in [5.74, 6) is -0.402. The maximum Gasteiger partial charge on any atom is 0.409 e. The second-order valence-electron chi connectivity index (χ2n) is 6.23. The quantitative estimate of drug-likeness (QED) is 0.518. The van der Waals surface area contributed by atoms with Crippen molar-refractivity contribution in [2.75, 3.05) is 32.8 Å². The maximum absolute atomic E-state index is 12.5. The van der Waals surface area contributed by atoms with Crippen molar-refractivity contribution in [3.63, 3.8) is 0 Å². The molecule has 7 nitrogen and oxygen atoms in total. The van der Waals surface area contributed by atoms with Crippen molar-refractivity contribution in [3.8, 4) is 0 Å². The van der Waals surface area contributed by atoms with E-state index >= 15 is 0 Å². The number of likely N-dealkylation sites (tertiary alicyclic amines) is 1. The van der Waals surface area contributed by atoms with Crippen LogP contribution in [0.5, 0.6) is 0 Å². The Morgan fingerprint density at radius 1 is 1.08 bits per heavy atom. The van der Waals surface area contributed by atoms with Crippen molar-refractivity contribution in [3.05, 3.63) is 11.6 Å². The lowest BCUT2D eigenvalue weighted by Crippen LogP contribution is -2.49. The van der Waals surface area contributed by atoms with E-state index < -0.39 is 0 Å². The lowest BCUT2D eigenvalue weighted by molar-refractivity contribution is -0.144. The van der Waals surface area contributed by atoms with Crippen LogP contribution in [0.2, 0.25) is 0 Å². The van der Waals surface area contributed by atoms with Gasteiger partial charge in [-0.05, 0) is 40.5 Å². The highest BCUT2D eigenvalue weighted by Crippen LogP contribution is 2.19. The second kappa shape index (κ2) is 10.7. The first-order valence-corrected chi connectivity index (χ1v) is 8.91. The van der Waals surface area contributed by atoms with Gasteiger partial charge in [-0.3, -0.25) is 9.59 Å². The molecule has 0 bridgehead atoms. The molecule has 1 saturated heterocycles. The van der Waals surface area contributed by atoms with Crippen molar-refractivity contribution < 1.29 is 23.9 Å². The molecule has 0 N–H and O–H groups in total. The molecule has 2 amide bonds. The first-order valence-electron chi connectivity index (χ1n) is 8.91. The molecule has 0 aromatic heterocycles. The summed E-state index contributed by atoms with van der Waals surface area (Å²) in [6.07, 6.45) is 2.79. The van der Waals surface area contributed by atoms with E-state index in [-0.39, 0.29) is 30.4 Å². The number of esters is 1. The normalized spacial score (nSPS) is 14.6. The summed E-state index contributed by atoms with van der Waals surface area (Å²) in [7, 11) is 0. The third-order valence-electron chi connectivity index (χ3n) is 3.99. The van der Waals surface area contributed by atoms with Gasteiger partial charge in [0.25, 0.3) is 0 Å². The summed E-state index contributed by atoms with van der Waals surface area (Å²) in [5.41, 5.74) is 0.912. The largest absolute Gasteiger partial charge is 0.466 e. The predicted molar refractivity (Wildman–Crippen MR) is 94.0 cm³/mol. The van der Waals surface area contributed by atoms with Crippen molar-refractivity contribution >= 4 is 18.0 Å². The molecular weight excluding hydrogens is 324 g/mol. The monoisotopic (exact) mass is 354 g/mol. The molecule has 1 aliphatic rings. The van der Waals surface area contributed by atoms with Gasteiger partial charge in [0.2, 0.25) is 5.91 Å². The highest BCUT2D eigenvalue weighted by molar-refractivity contribution is 5.88. The number of ether oxygens (including phenoxy) is 2. The number of piperidine rings is 1. The number of nitrogens with zero attached hydrogens (tertiary/aromatic N) is 2. The minimum atomic E-state index is -0.311. The van der Waals surface area contributed by atoms with Crippen LogP contribution in [0.4, 0.5) is 4.79 Å². The van der Waals surface area contributed by atoms with Gasteiger partial charge in [0, 0.05) is 31.8 Å². The standard InChI is InChI=1S/C18H30N2O5/c1-5-24-17(22)9-12-20(16(21)13-14(3)4)15-7-10-19(11-8-15)18(23)25-6-2/h13,15H,5-12H2,1-4H3. The number of allylic oxidation sites excluding steroid dienone is 1. The molecule has 25 heavy (non-hydrogen) atoms. The number of hydrogen-bond acceptors (Lipinski definition) is 5. The molecule has 1 aliphatic heterocycles. The van der Waals surface area contributed by atoms with Crippen LogP contribution in [0.25, 0.3) is 0 Å². The fourth-order valence-corrected chi connectivity index (χ4v) is 2.82. The Balaban J connectivity index is 2.70. The van der Waals surface area contributed by atoms with Crippen LogP contribution in [0.3, 0.4) is 0 Å². The second-order valence-corrected chi connectivity index (χ2v) is 6.23. The summed E-state index contributed by atoms with van der Waals surface area (Å²) in [6.45, 7) is 9.36. The zero-order chi connectivity index (χ0) is 18.8. The van der Waals surface area contributed by atoms with Crippen LogP contribution in [-0.2, 0) is 19.1 Å². The van der Waals surface area contributed by atoms with Gasteiger partial charge in [0.05, 0.1) is 19.6 Å². The zero-order valence-corrected chi connectivity index (χ0v) is 15.7. The fraction of sp³-hybridized carbons (Fsp3) is 0.722. The molecule has 1 heterocycles. The summed E-state index contributed by atoms with van der Waals surface area (Å²) in [6, 6.07) is 0.00297. The van der Waals surface area contributed by atoms with Gasteiger partial charge < -0.3 is 19.3 Å². The van der Waals surface area contributed by atoms with Crippen LogP contribution in [0.1, 0.15) is 47.0 Å². The first-order chi connectivity index (χ1) is 11.9. The number of rotatable bonds is 7. The molecule has 0 spiro atoms. The van der Waals surface area contributed by atoms with Gasteiger partial charge in [0.1, 0.15) is 0 Å². The Kier molecular flexibility index (Phi) is 9.02. The maximum atomic E-state index is 12.5. The van der Waals surface area contributed by atoms with E-state index in [1.165, 1.54) is 0 Å². The third kappa shape index (κ3) is 7.15. The van der Waals surface area contributed by atoms with Gasteiger partial charge in [-0.15, -0.1) is 0 Å². The Morgan fingerprint density at radius 2 is 1.68 bits per heavy atom. The van der Waals surface area contributed by atoms with Crippen LogP contribution in [0, 0.1) is 0 Å². The molecule has 0 unspecified atom stereocenters. The van der Waals surface area contributed by atoms with E-state index in [4.69, 9.17) is 9.47 Å². The van der Waals surface area contributed by atoms with E-state index in [1.807, 2.05) is 13.8 Å². The molecule has 1 rings (SSSR count). The number of amides is 2. The molecule has 1 fully saturated rings. The topological polar surface area (TPSA) is 76.2 Å². The Bertz CT molecular complexity index is 492. The van der Waals surface area contributed by atoms with Crippen molar-refractivity contribution in [2.24, 2.45) is 0 Å². The number of carbonyl (C=O) groups excluding carboxylic acids is 3. The summed E-state index contributed by atoms with van der Waals surface area (Å²) in [4.78, 5) is 39.4. The van der Waals surface area contributed by atoms with Gasteiger partial charge >= 0.3 is 12.1 Å². The van der Waals surface area contributed by atoms with E-state index in [0.29, 0.717) is 45.7 Å². The smallest absolute Gasteiger partial charge is 0.409 e. The van der Waals surface area contributed by atoms with Crippen LogP contribution >= 0.6 is 0 Å². The van der Waals surface area contributed by atoms with Crippen LogP contribution in [0.15, 0.2) is 11.6 Å². The fourth-order valence-electron chi connectivity index (χ4n) is 2.82. The van der Waals surface area contributed by atoms with Crippen LogP contribution < -0.4 is 0 Å². The molecule has 0 radical (unpaired) electrons. The first kappa shape index (κ1) is 21.0. The van der Waals surface area contributed by atoms with Crippen molar-refractivity contribution in [2.45, 2.75) is 53.0 Å². The van der Waals surface area contributed by atoms with Gasteiger partial charge in [-0.25, -0.2) is 4.79 Å². The zero-order valence-electron chi connectivity index (χ0n) is 15.7. The number of hydrogen-bond donors (Lipinski definition) is 0.